The average Bonchev–Trinajstić information content (AvgIpc) is 2.51. The van der Waals surface area contributed by atoms with Gasteiger partial charge in [0.15, 0.2) is 0 Å². The number of nitrogens with two attached hydrogens (primary N) is 1. The zero-order valence-electron chi connectivity index (χ0n) is 12.2. The largest absolute Gasteiger partial charge is 0.368 e. The van der Waals surface area contributed by atoms with Crippen LogP contribution in [0.2, 0.25) is 0 Å². The number of benzene rings is 1. The molecule has 2 heterocycles. The first-order valence-corrected chi connectivity index (χ1v) is 7.40. The molecule has 1 aromatic carbocycles. The molecular formula is C16H18F2N4. The highest BCUT2D eigenvalue weighted by molar-refractivity contribution is 5.22. The van der Waals surface area contributed by atoms with Crippen molar-refractivity contribution in [2.75, 3.05) is 12.3 Å². The van der Waals surface area contributed by atoms with Crippen LogP contribution in [0, 0.1) is 11.6 Å². The molecule has 1 aliphatic rings. The standard InChI is InChI=1S/C16H18F2N4/c17-12-4-3-5-13(18)11(12)10-22-9-2-1-6-15(22)14-7-8-20-16(19)21-14/h3-5,7-8,15H,1-2,6,9-10H2,(H2,19,20,21). The Hall–Kier alpha value is -2.08. The number of aromatic nitrogens is 2. The quantitative estimate of drug-likeness (QED) is 0.947. The van der Waals surface area contributed by atoms with Crippen LogP contribution in [0.4, 0.5) is 14.7 Å². The highest BCUT2D eigenvalue weighted by Gasteiger charge is 2.27. The number of nitrogens with zero attached hydrogens (tertiary/aromatic N) is 3. The second-order valence-electron chi connectivity index (χ2n) is 5.52. The highest BCUT2D eigenvalue weighted by Crippen LogP contribution is 2.32. The first-order valence-electron chi connectivity index (χ1n) is 7.40. The summed E-state index contributed by atoms with van der Waals surface area (Å²) in [7, 11) is 0. The monoisotopic (exact) mass is 304 g/mol. The lowest BCUT2D eigenvalue weighted by atomic mass is 9.98. The summed E-state index contributed by atoms with van der Waals surface area (Å²) in [6.45, 7) is 1.01. The molecule has 2 aromatic rings. The van der Waals surface area contributed by atoms with Crippen LogP contribution < -0.4 is 5.73 Å². The Labute approximate surface area is 128 Å². The minimum Gasteiger partial charge on any atom is -0.368 e. The fourth-order valence-corrected chi connectivity index (χ4v) is 2.98. The third-order valence-corrected chi connectivity index (χ3v) is 4.07. The SMILES string of the molecule is Nc1nccc(C2CCCCN2Cc2c(F)cccc2F)n1. The Morgan fingerprint density at radius 3 is 2.68 bits per heavy atom. The molecule has 1 unspecified atom stereocenters. The van der Waals surface area contributed by atoms with Gasteiger partial charge in [-0.15, -0.1) is 0 Å². The van der Waals surface area contributed by atoms with Crippen molar-refractivity contribution in [1.29, 1.82) is 0 Å². The summed E-state index contributed by atoms with van der Waals surface area (Å²) in [6.07, 6.45) is 4.58. The second-order valence-corrected chi connectivity index (χ2v) is 5.52. The first kappa shape index (κ1) is 14.8. The molecule has 22 heavy (non-hydrogen) atoms. The molecule has 0 radical (unpaired) electrons. The van der Waals surface area contributed by atoms with Crippen LogP contribution in [0.15, 0.2) is 30.5 Å². The van der Waals surface area contributed by atoms with Crippen LogP contribution in [0.3, 0.4) is 0 Å². The molecule has 6 heteroatoms. The van der Waals surface area contributed by atoms with Crippen molar-refractivity contribution < 1.29 is 8.78 Å². The van der Waals surface area contributed by atoms with Gasteiger partial charge in [-0.2, -0.15) is 0 Å². The minimum atomic E-state index is -0.508. The lowest BCUT2D eigenvalue weighted by Gasteiger charge is -2.35. The van der Waals surface area contributed by atoms with Crippen molar-refractivity contribution >= 4 is 5.95 Å². The van der Waals surface area contributed by atoms with Crippen molar-refractivity contribution in [2.24, 2.45) is 0 Å². The van der Waals surface area contributed by atoms with Gasteiger partial charge < -0.3 is 5.73 Å². The molecule has 1 aliphatic heterocycles. The van der Waals surface area contributed by atoms with Crippen LogP contribution >= 0.6 is 0 Å². The Morgan fingerprint density at radius 2 is 1.95 bits per heavy atom. The van der Waals surface area contributed by atoms with E-state index >= 15 is 0 Å². The number of hydrogen-bond acceptors (Lipinski definition) is 4. The van der Waals surface area contributed by atoms with Crippen molar-refractivity contribution in [1.82, 2.24) is 14.9 Å². The van der Waals surface area contributed by atoms with Gasteiger partial charge >= 0.3 is 0 Å². The highest BCUT2D eigenvalue weighted by atomic mass is 19.1. The molecule has 0 spiro atoms. The van der Waals surface area contributed by atoms with Gasteiger partial charge in [-0.05, 0) is 37.6 Å². The zero-order valence-corrected chi connectivity index (χ0v) is 12.2. The zero-order chi connectivity index (χ0) is 15.5. The van der Waals surface area contributed by atoms with E-state index in [2.05, 4.69) is 14.9 Å². The summed E-state index contributed by atoms with van der Waals surface area (Å²) >= 11 is 0. The van der Waals surface area contributed by atoms with Gasteiger partial charge in [-0.25, -0.2) is 18.7 Å². The Morgan fingerprint density at radius 1 is 1.18 bits per heavy atom. The van der Waals surface area contributed by atoms with Gasteiger partial charge in [0, 0.05) is 18.3 Å². The predicted octanol–water partition coefficient (Wildman–Crippen LogP) is 3.06. The molecule has 2 N–H and O–H groups in total. The lowest BCUT2D eigenvalue weighted by molar-refractivity contribution is 0.134. The molecule has 1 atom stereocenters. The van der Waals surface area contributed by atoms with E-state index in [9.17, 15) is 8.78 Å². The normalized spacial score (nSPS) is 19.3. The number of nitrogen functional groups attached to an aromatic ring is 1. The summed E-state index contributed by atoms with van der Waals surface area (Å²) in [5, 5.41) is 0. The summed E-state index contributed by atoms with van der Waals surface area (Å²) in [4.78, 5) is 10.2. The van der Waals surface area contributed by atoms with Gasteiger partial charge in [0.2, 0.25) is 5.95 Å². The van der Waals surface area contributed by atoms with Gasteiger partial charge in [0.05, 0.1) is 11.7 Å². The number of halogens is 2. The Balaban J connectivity index is 1.87. The average molecular weight is 304 g/mol. The number of likely N-dealkylation sites (tertiary alicyclic amines) is 1. The van der Waals surface area contributed by atoms with Gasteiger partial charge in [-0.3, -0.25) is 4.90 Å². The topological polar surface area (TPSA) is 55.0 Å². The van der Waals surface area contributed by atoms with E-state index in [1.165, 1.54) is 18.2 Å². The van der Waals surface area contributed by atoms with E-state index in [0.717, 1.165) is 31.5 Å². The van der Waals surface area contributed by atoms with Crippen LogP contribution in [-0.2, 0) is 6.54 Å². The number of hydrogen-bond donors (Lipinski definition) is 1. The predicted molar refractivity (Wildman–Crippen MR) is 79.8 cm³/mol. The fourth-order valence-electron chi connectivity index (χ4n) is 2.98. The van der Waals surface area contributed by atoms with E-state index in [4.69, 9.17) is 5.73 Å². The lowest BCUT2D eigenvalue weighted by Crippen LogP contribution is -2.34. The summed E-state index contributed by atoms with van der Waals surface area (Å²) in [6, 6.07) is 5.79. The fraction of sp³-hybridized carbons (Fsp3) is 0.375. The van der Waals surface area contributed by atoms with E-state index < -0.39 is 11.6 Å². The van der Waals surface area contributed by atoms with E-state index in [-0.39, 0.29) is 24.1 Å². The molecular weight excluding hydrogens is 286 g/mol. The van der Waals surface area contributed by atoms with Crippen LogP contribution in [0.5, 0.6) is 0 Å². The van der Waals surface area contributed by atoms with E-state index in [0.29, 0.717) is 0 Å². The summed E-state index contributed by atoms with van der Waals surface area (Å²) in [5.74, 6) is -0.793. The summed E-state index contributed by atoms with van der Waals surface area (Å²) in [5.41, 5.74) is 6.57. The van der Waals surface area contributed by atoms with Gasteiger partial charge in [0.1, 0.15) is 11.6 Å². The molecule has 1 aromatic heterocycles. The van der Waals surface area contributed by atoms with Crippen molar-refractivity contribution in [3.63, 3.8) is 0 Å². The number of piperidine rings is 1. The summed E-state index contributed by atoms with van der Waals surface area (Å²) < 4.78 is 27.8. The molecule has 0 amide bonds. The molecule has 3 rings (SSSR count). The van der Waals surface area contributed by atoms with Crippen LogP contribution in [0.25, 0.3) is 0 Å². The molecule has 0 bridgehead atoms. The molecule has 1 fully saturated rings. The van der Waals surface area contributed by atoms with Crippen molar-refractivity contribution in [2.45, 2.75) is 31.8 Å². The molecule has 116 valence electrons. The van der Waals surface area contributed by atoms with Crippen LogP contribution in [-0.4, -0.2) is 21.4 Å². The van der Waals surface area contributed by atoms with Crippen molar-refractivity contribution in [3.05, 3.63) is 53.4 Å². The third-order valence-electron chi connectivity index (χ3n) is 4.07. The van der Waals surface area contributed by atoms with E-state index in [1.807, 2.05) is 6.07 Å². The Kier molecular flexibility index (Phi) is 4.29. The maximum atomic E-state index is 13.9. The molecule has 0 aliphatic carbocycles. The minimum absolute atomic E-state index is 0.0121. The van der Waals surface area contributed by atoms with Gasteiger partial charge in [-0.1, -0.05) is 12.5 Å². The number of rotatable bonds is 3. The number of anilines is 1. The van der Waals surface area contributed by atoms with Crippen LogP contribution in [0.1, 0.15) is 36.6 Å². The Bertz CT molecular complexity index is 642. The maximum absolute atomic E-state index is 13.9. The van der Waals surface area contributed by atoms with E-state index in [1.54, 1.807) is 6.20 Å². The first-order chi connectivity index (χ1) is 10.6. The molecule has 0 saturated carbocycles. The molecule has 1 saturated heterocycles. The maximum Gasteiger partial charge on any atom is 0.220 e. The molecule has 4 nitrogen and oxygen atoms in total. The third kappa shape index (κ3) is 3.06. The van der Waals surface area contributed by atoms with Crippen molar-refractivity contribution in [3.8, 4) is 0 Å². The second kappa shape index (κ2) is 6.36. The smallest absolute Gasteiger partial charge is 0.220 e. The van der Waals surface area contributed by atoms with Gasteiger partial charge in [0.25, 0.3) is 0 Å².